The first-order valence-corrected chi connectivity index (χ1v) is 11.6. The highest BCUT2D eigenvalue weighted by molar-refractivity contribution is 7.89. The van der Waals surface area contributed by atoms with E-state index in [1.807, 2.05) is 67.6 Å². The van der Waals surface area contributed by atoms with Crippen molar-refractivity contribution in [2.75, 3.05) is 13.1 Å². The van der Waals surface area contributed by atoms with E-state index < -0.39 is 28.4 Å². The summed E-state index contributed by atoms with van der Waals surface area (Å²) >= 11 is 0. The maximum Gasteiger partial charge on any atom is 0.259 e. The van der Waals surface area contributed by atoms with Crippen LogP contribution in [0.3, 0.4) is 0 Å². The zero-order valence-corrected chi connectivity index (χ0v) is 18.8. The van der Waals surface area contributed by atoms with Gasteiger partial charge in [0.05, 0.1) is 23.7 Å². The Balaban J connectivity index is 1.55. The predicted molar refractivity (Wildman–Crippen MR) is 126 cm³/mol. The van der Waals surface area contributed by atoms with Crippen LogP contribution in [0.4, 0.5) is 0 Å². The first-order chi connectivity index (χ1) is 15.8. The van der Waals surface area contributed by atoms with Gasteiger partial charge in [-0.15, -0.1) is 0 Å². The number of sulfonamides is 1. The second-order valence-electron chi connectivity index (χ2n) is 7.14. The van der Waals surface area contributed by atoms with Crippen LogP contribution >= 0.6 is 0 Å². The van der Waals surface area contributed by atoms with Gasteiger partial charge in [-0.05, 0) is 19.1 Å². The smallest absolute Gasteiger partial charge is 0.259 e. The average molecular weight is 465 g/mol. The van der Waals surface area contributed by atoms with Crippen molar-refractivity contribution in [3.63, 3.8) is 0 Å². The number of hydrogen-bond donors (Lipinski definition) is 3. The van der Waals surface area contributed by atoms with Crippen molar-refractivity contribution < 1.29 is 18.0 Å². The zero-order chi connectivity index (χ0) is 23.7. The number of carbonyl (C=O) groups is 2. The summed E-state index contributed by atoms with van der Waals surface area (Å²) in [5, 5.41) is 6.60. The maximum absolute atomic E-state index is 12.2. The number of carbonyl (C=O) groups excluding carboxylic acids is 2. The summed E-state index contributed by atoms with van der Waals surface area (Å²) in [4.78, 5) is 24.3. The number of hydrogen-bond acceptors (Lipinski definition) is 5. The van der Waals surface area contributed by atoms with Crippen molar-refractivity contribution in [3.8, 4) is 0 Å². The Morgan fingerprint density at radius 3 is 1.85 bits per heavy atom. The SMILES string of the molecule is Cc1ccc(S(=O)(=O)NCC(=O)NCC(=O)NN=C(c2ccccc2)c2ccccc2)cc1. The molecule has 0 aromatic heterocycles. The van der Waals surface area contributed by atoms with Gasteiger partial charge in [-0.1, -0.05) is 78.4 Å². The molecule has 0 saturated carbocycles. The molecule has 0 aliphatic carbocycles. The van der Waals surface area contributed by atoms with Crippen LogP contribution in [0.25, 0.3) is 0 Å². The van der Waals surface area contributed by atoms with Crippen LogP contribution in [0.2, 0.25) is 0 Å². The van der Waals surface area contributed by atoms with Gasteiger partial charge < -0.3 is 5.32 Å². The molecule has 3 aromatic rings. The average Bonchev–Trinajstić information content (AvgIpc) is 2.83. The monoisotopic (exact) mass is 464 g/mol. The van der Waals surface area contributed by atoms with Gasteiger partial charge in [-0.25, -0.2) is 18.6 Å². The number of hydrazone groups is 1. The molecule has 3 N–H and O–H groups in total. The van der Waals surface area contributed by atoms with Crippen LogP contribution < -0.4 is 15.5 Å². The molecular formula is C24H24N4O4S. The Hall–Kier alpha value is -3.82. The first kappa shape index (κ1) is 23.8. The highest BCUT2D eigenvalue weighted by atomic mass is 32.2. The Morgan fingerprint density at radius 2 is 1.30 bits per heavy atom. The minimum atomic E-state index is -3.83. The second kappa shape index (κ2) is 11.2. The summed E-state index contributed by atoms with van der Waals surface area (Å²) in [7, 11) is -3.83. The molecule has 0 heterocycles. The fourth-order valence-corrected chi connectivity index (χ4v) is 3.83. The van der Waals surface area contributed by atoms with Crippen molar-refractivity contribution in [1.82, 2.24) is 15.5 Å². The van der Waals surface area contributed by atoms with Crippen molar-refractivity contribution in [1.29, 1.82) is 0 Å². The van der Waals surface area contributed by atoms with Gasteiger partial charge in [-0.2, -0.15) is 5.10 Å². The third-order valence-corrected chi connectivity index (χ3v) is 6.00. The van der Waals surface area contributed by atoms with E-state index in [1.54, 1.807) is 12.1 Å². The number of nitrogens with one attached hydrogen (secondary N) is 3. The minimum absolute atomic E-state index is 0.0577. The van der Waals surface area contributed by atoms with Gasteiger partial charge in [-0.3, -0.25) is 9.59 Å². The fraction of sp³-hybridized carbons (Fsp3) is 0.125. The van der Waals surface area contributed by atoms with E-state index in [2.05, 4.69) is 20.6 Å². The highest BCUT2D eigenvalue weighted by Crippen LogP contribution is 2.11. The highest BCUT2D eigenvalue weighted by Gasteiger charge is 2.15. The standard InChI is InChI=1S/C24H24N4O4S/c1-18-12-14-21(15-13-18)33(31,32)26-17-22(29)25-16-23(30)27-28-24(19-8-4-2-5-9-19)20-10-6-3-7-11-20/h2-15,26H,16-17H2,1H3,(H,25,29)(H,27,30). The van der Waals surface area contributed by atoms with E-state index in [0.29, 0.717) is 5.71 Å². The van der Waals surface area contributed by atoms with Gasteiger partial charge >= 0.3 is 0 Å². The maximum atomic E-state index is 12.2. The molecule has 0 unspecified atom stereocenters. The molecular weight excluding hydrogens is 440 g/mol. The lowest BCUT2D eigenvalue weighted by Gasteiger charge is -2.09. The number of rotatable bonds is 9. The molecule has 0 aliphatic heterocycles. The van der Waals surface area contributed by atoms with E-state index in [9.17, 15) is 18.0 Å². The molecule has 0 bridgehead atoms. The lowest BCUT2D eigenvalue weighted by Crippen LogP contribution is -2.41. The molecule has 0 saturated heterocycles. The first-order valence-electron chi connectivity index (χ1n) is 10.2. The van der Waals surface area contributed by atoms with Gasteiger partial charge in [0.15, 0.2) is 0 Å². The molecule has 0 atom stereocenters. The summed E-state index contributed by atoms with van der Waals surface area (Å²) in [6.07, 6.45) is 0. The van der Waals surface area contributed by atoms with Crippen LogP contribution in [0.5, 0.6) is 0 Å². The van der Waals surface area contributed by atoms with Crippen LogP contribution in [0, 0.1) is 6.92 Å². The molecule has 33 heavy (non-hydrogen) atoms. The number of aryl methyl sites for hydroxylation is 1. The minimum Gasteiger partial charge on any atom is -0.346 e. The van der Waals surface area contributed by atoms with Crippen LogP contribution in [0.15, 0.2) is 94.9 Å². The fourth-order valence-electron chi connectivity index (χ4n) is 2.85. The molecule has 2 amide bonds. The largest absolute Gasteiger partial charge is 0.346 e. The third-order valence-electron chi connectivity index (χ3n) is 4.59. The van der Waals surface area contributed by atoms with Gasteiger partial charge in [0.2, 0.25) is 15.9 Å². The number of amides is 2. The molecule has 0 spiro atoms. The zero-order valence-electron chi connectivity index (χ0n) is 18.0. The molecule has 3 rings (SSSR count). The molecule has 0 fully saturated rings. The van der Waals surface area contributed by atoms with E-state index in [0.717, 1.165) is 16.7 Å². The van der Waals surface area contributed by atoms with Crippen molar-refractivity contribution >= 4 is 27.5 Å². The van der Waals surface area contributed by atoms with Crippen LogP contribution in [-0.4, -0.2) is 39.0 Å². The summed E-state index contributed by atoms with van der Waals surface area (Å²) in [5.41, 5.74) is 5.56. The molecule has 170 valence electrons. The van der Waals surface area contributed by atoms with Crippen molar-refractivity contribution in [3.05, 3.63) is 102 Å². The van der Waals surface area contributed by atoms with Crippen LogP contribution in [0.1, 0.15) is 16.7 Å². The third kappa shape index (κ3) is 7.09. The molecule has 9 heteroatoms. The topological polar surface area (TPSA) is 117 Å². The summed E-state index contributed by atoms with van der Waals surface area (Å²) in [6.45, 7) is 0.993. The second-order valence-corrected chi connectivity index (χ2v) is 8.91. The Bertz CT molecular complexity index is 1180. The molecule has 0 aliphatic rings. The molecule has 8 nitrogen and oxygen atoms in total. The normalized spacial score (nSPS) is 10.8. The van der Waals surface area contributed by atoms with E-state index in [4.69, 9.17) is 0 Å². The van der Waals surface area contributed by atoms with Crippen LogP contribution in [-0.2, 0) is 19.6 Å². The van der Waals surface area contributed by atoms with Crippen molar-refractivity contribution in [2.45, 2.75) is 11.8 Å². The number of nitrogens with zero attached hydrogens (tertiary/aromatic N) is 1. The van der Waals surface area contributed by atoms with E-state index >= 15 is 0 Å². The van der Waals surface area contributed by atoms with Gasteiger partial charge in [0, 0.05) is 11.1 Å². The summed E-state index contributed by atoms with van der Waals surface area (Å²) in [5.74, 6) is -1.19. The van der Waals surface area contributed by atoms with Gasteiger partial charge in [0.25, 0.3) is 5.91 Å². The lowest BCUT2D eigenvalue weighted by atomic mass is 10.0. The number of benzene rings is 3. The van der Waals surface area contributed by atoms with Gasteiger partial charge in [0.1, 0.15) is 0 Å². The molecule has 0 radical (unpaired) electrons. The van der Waals surface area contributed by atoms with E-state index in [1.165, 1.54) is 12.1 Å². The molecule has 3 aromatic carbocycles. The Labute approximate surface area is 192 Å². The van der Waals surface area contributed by atoms with E-state index in [-0.39, 0.29) is 11.4 Å². The predicted octanol–water partition coefficient (Wildman–Crippen LogP) is 1.96. The summed E-state index contributed by atoms with van der Waals surface area (Å²) < 4.78 is 26.7. The Morgan fingerprint density at radius 1 is 0.758 bits per heavy atom. The van der Waals surface area contributed by atoms with Crippen molar-refractivity contribution in [2.24, 2.45) is 5.10 Å². The Kier molecular flexibility index (Phi) is 8.06. The lowest BCUT2D eigenvalue weighted by molar-refractivity contribution is -0.125. The summed E-state index contributed by atoms with van der Waals surface area (Å²) in [6, 6.07) is 25.0. The quantitative estimate of drug-likeness (QED) is 0.331.